The summed E-state index contributed by atoms with van der Waals surface area (Å²) >= 11 is 0. The first-order chi connectivity index (χ1) is 7.83. The van der Waals surface area contributed by atoms with Crippen molar-refractivity contribution in [1.82, 2.24) is 24.9 Å². The van der Waals surface area contributed by atoms with Gasteiger partial charge in [-0.2, -0.15) is 0 Å². The van der Waals surface area contributed by atoms with E-state index in [2.05, 4.69) is 26.7 Å². The molecule has 84 valence electrons. The Morgan fingerprint density at radius 1 is 1.50 bits per heavy atom. The summed E-state index contributed by atoms with van der Waals surface area (Å²) in [6, 6.07) is 0. The van der Waals surface area contributed by atoms with E-state index in [9.17, 15) is 0 Å². The number of rotatable bonds is 2. The normalized spacial score (nSPS) is 20.7. The fourth-order valence-electron chi connectivity index (χ4n) is 2.22. The van der Waals surface area contributed by atoms with Gasteiger partial charge >= 0.3 is 0 Å². The lowest BCUT2D eigenvalue weighted by Gasteiger charge is -2.05. The molecular formula is C11H15N5. The molecule has 1 unspecified atom stereocenters. The highest BCUT2D eigenvalue weighted by atomic mass is 15.3. The molecule has 3 heterocycles. The molecule has 1 aliphatic rings. The third-order valence-corrected chi connectivity index (χ3v) is 3.10. The Balaban J connectivity index is 1.93. The van der Waals surface area contributed by atoms with Crippen LogP contribution in [0, 0.1) is 12.8 Å². The smallest absolute Gasteiger partial charge is 0.254 e. The van der Waals surface area contributed by atoms with E-state index in [1.54, 1.807) is 0 Å². The Labute approximate surface area is 93.9 Å². The molecule has 1 atom stereocenters. The molecule has 0 amide bonds. The maximum atomic E-state index is 4.25. The Morgan fingerprint density at radius 3 is 3.25 bits per heavy atom. The third-order valence-electron chi connectivity index (χ3n) is 3.10. The molecule has 0 aliphatic carbocycles. The molecule has 1 saturated heterocycles. The van der Waals surface area contributed by atoms with Crippen LogP contribution in [0.1, 0.15) is 17.8 Å². The van der Waals surface area contributed by atoms with Crippen molar-refractivity contribution in [2.75, 3.05) is 13.1 Å². The van der Waals surface area contributed by atoms with Crippen LogP contribution in [0.15, 0.2) is 12.4 Å². The van der Waals surface area contributed by atoms with E-state index in [4.69, 9.17) is 0 Å². The van der Waals surface area contributed by atoms with Gasteiger partial charge in [0, 0.05) is 18.8 Å². The van der Waals surface area contributed by atoms with Crippen molar-refractivity contribution in [3.8, 4) is 0 Å². The number of nitrogens with zero attached hydrogens (tertiary/aromatic N) is 4. The molecule has 2 aromatic rings. The maximum Gasteiger partial charge on any atom is 0.254 e. The Kier molecular flexibility index (Phi) is 2.32. The molecule has 5 heteroatoms. The second kappa shape index (κ2) is 3.83. The predicted octanol–water partition coefficient (Wildman–Crippen LogP) is 0.585. The second-order valence-electron chi connectivity index (χ2n) is 4.48. The molecule has 16 heavy (non-hydrogen) atoms. The minimum absolute atomic E-state index is 0.688. The predicted molar refractivity (Wildman–Crippen MR) is 60.2 cm³/mol. The molecule has 0 radical (unpaired) electrons. The van der Waals surface area contributed by atoms with Crippen LogP contribution in [0.5, 0.6) is 0 Å². The highest BCUT2D eigenvalue weighted by Crippen LogP contribution is 2.14. The Hall–Kier alpha value is -1.49. The van der Waals surface area contributed by atoms with Crippen molar-refractivity contribution < 1.29 is 0 Å². The molecule has 0 saturated carbocycles. The molecule has 5 nitrogen and oxygen atoms in total. The highest BCUT2D eigenvalue weighted by Gasteiger charge is 2.18. The molecule has 0 bridgehead atoms. The summed E-state index contributed by atoms with van der Waals surface area (Å²) in [5, 5.41) is 11.7. The fourth-order valence-corrected chi connectivity index (χ4v) is 2.22. The van der Waals surface area contributed by atoms with Gasteiger partial charge in [-0.3, -0.25) is 4.40 Å². The molecule has 1 aliphatic heterocycles. The number of aromatic nitrogens is 4. The summed E-state index contributed by atoms with van der Waals surface area (Å²) in [4.78, 5) is 4.25. The quantitative estimate of drug-likeness (QED) is 0.799. The second-order valence-corrected chi connectivity index (χ2v) is 4.48. The molecular weight excluding hydrogens is 202 g/mol. The van der Waals surface area contributed by atoms with E-state index < -0.39 is 0 Å². The standard InChI is InChI=1S/C11H15N5/c1-8-5-13-11-15-14-10(16(11)7-8)4-9-2-3-12-6-9/h5,7,9,12H,2-4,6H2,1H3. The first-order valence-corrected chi connectivity index (χ1v) is 5.70. The molecule has 1 N–H and O–H groups in total. The van der Waals surface area contributed by atoms with Crippen LogP contribution in [0.3, 0.4) is 0 Å². The van der Waals surface area contributed by atoms with E-state index in [1.165, 1.54) is 6.42 Å². The van der Waals surface area contributed by atoms with Gasteiger partial charge in [0.25, 0.3) is 5.78 Å². The van der Waals surface area contributed by atoms with Gasteiger partial charge in [0.15, 0.2) is 0 Å². The summed E-state index contributed by atoms with van der Waals surface area (Å²) in [5.41, 5.74) is 1.14. The van der Waals surface area contributed by atoms with Crippen molar-refractivity contribution >= 4 is 5.78 Å². The SMILES string of the molecule is Cc1cnc2nnc(CC3CCNC3)n2c1. The average Bonchev–Trinajstić information content (AvgIpc) is 2.90. The number of hydrogen-bond acceptors (Lipinski definition) is 4. The minimum Gasteiger partial charge on any atom is -0.316 e. The molecule has 0 spiro atoms. The van der Waals surface area contributed by atoms with Crippen LogP contribution >= 0.6 is 0 Å². The topological polar surface area (TPSA) is 55.1 Å². The van der Waals surface area contributed by atoms with Gasteiger partial charge in [-0.25, -0.2) is 4.98 Å². The van der Waals surface area contributed by atoms with E-state index in [0.717, 1.165) is 30.9 Å². The maximum absolute atomic E-state index is 4.25. The van der Waals surface area contributed by atoms with E-state index >= 15 is 0 Å². The van der Waals surface area contributed by atoms with E-state index in [0.29, 0.717) is 11.7 Å². The van der Waals surface area contributed by atoms with Gasteiger partial charge < -0.3 is 5.32 Å². The molecule has 1 fully saturated rings. The molecule has 0 aromatic carbocycles. The fraction of sp³-hybridized carbons (Fsp3) is 0.545. The van der Waals surface area contributed by atoms with Gasteiger partial charge in [0.1, 0.15) is 5.82 Å². The van der Waals surface area contributed by atoms with Crippen LogP contribution in [-0.2, 0) is 6.42 Å². The Bertz CT molecular complexity index is 498. The lowest BCUT2D eigenvalue weighted by atomic mass is 10.1. The van der Waals surface area contributed by atoms with Crippen molar-refractivity contribution in [1.29, 1.82) is 0 Å². The summed E-state index contributed by atoms with van der Waals surface area (Å²) in [6.45, 7) is 4.25. The zero-order valence-corrected chi connectivity index (χ0v) is 9.35. The van der Waals surface area contributed by atoms with Crippen molar-refractivity contribution in [2.45, 2.75) is 19.8 Å². The first-order valence-electron chi connectivity index (χ1n) is 5.70. The highest BCUT2D eigenvalue weighted by molar-refractivity contribution is 5.28. The van der Waals surface area contributed by atoms with E-state index in [-0.39, 0.29) is 0 Å². The van der Waals surface area contributed by atoms with Crippen LogP contribution in [0.4, 0.5) is 0 Å². The van der Waals surface area contributed by atoms with Gasteiger partial charge in [-0.1, -0.05) is 0 Å². The number of hydrogen-bond donors (Lipinski definition) is 1. The van der Waals surface area contributed by atoms with Crippen LogP contribution in [0.2, 0.25) is 0 Å². The lowest BCUT2D eigenvalue weighted by molar-refractivity contribution is 0.558. The number of aryl methyl sites for hydroxylation is 1. The Morgan fingerprint density at radius 2 is 2.44 bits per heavy atom. The van der Waals surface area contributed by atoms with Gasteiger partial charge in [-0.15, -0.1) is 10.2 Å². The van der Waals surface area contributed by atoms with Crippen molar-refractivity contribution in [3.05, 3.63) is 23.8 Å². The molecule has 2 aromatic heterocycles. The first kappa shape index (κ1) is 9.72. The van der Waals surface area contributed by atoms with Crippen LogP contribution in [-0.4, -0.2) is 32.7 Å². The van der Waals surface area contributed by atoms with Crippen molar-refractivity contribution in [2.24, 2.45) is 5.92 Å². The van der Waals surface area contributed by atoms with Crippen molar-refractivity contribution in [3.63, 3.8) is 0 Å². The van der Waals surface area contributed by atoms with Crippen LogP contribution < -0.4 is 5.32 Å². The largest absolute Gasteiger partial charge is 0.316 e. The van der Waals surface area contributed by atoms with Gasteiger partial charge in [0.2, 0.25) is 0 Å². The van der Waals surface area contributed by atoms with Gasteiger partial charge in [-0.05, 0) is 37.9 Å². The summed E-state index contributed by atoms with van der Waals surface area (Å²) < 4.78 is 2.01. The van der Waals surface area contributed by atoms with Crippen LogP contribution in [0.25, 0.3) is 5.78 Å². The summed E-state index contributed by atoms with van der Waals surface area (Å²) in [6.07, 6.45) is 6.10. The average molecular weight is 217 g/mol. The van der Waals surface area contributed by atoms with E-state index in [1.807, 2.05) is 17.5 Å². The zero-order valence-electron chi connectivity index (χ0n) is 9.35. The third kappa shape index (κ3) is 1.67. The zero-order chi connectivity index (χ0) is 11.0. The summed E-state index contributed by atoms with van der Waals surface area (Å²) in [7, 11) is 0. The lowest BCUT2D eigenvalue weighted by Crippen LogP contribution is -2.12. The number of nitrogens with one attached hydrogen (secondary N) is 1. The summed E-state index contributed by atoms with van der Waals surface area (Å²) in [5.74, 6) is 2.42. The van der Waals surface area contributed by atoms with Gasteiger partial charge in [0.05, 0.1) is 0 Å². The monoisotopic (exact) mass is 217 g/mol. The number of fused-ring (bicyclic) bond motifs is 1. The minimum atomic E-state index is 0.688. The molecule has 3 rings (SSSR count).